The Kier molecular flexibility index (Phi) is 4.73. The van der Waals surface area contributed by atoms with Gasteiger partial charge in [-0.15, -0.1) is 0 Å². The maximum Gasteiger partial charge on any atom is 0.135 e. The van der Waals surface area contributed by atoms with E-state index in [1.807, 2.05) is 0 Å². The second-order valence-corrected chi connectivity index (χ2v) is 6.52. The number of hydrogen-bond donors (Lipinski definition) is 1. The van der Waals surface area contributed by atoms with Gasteiger partial charge in [0.15, 0.2) is 0 Å². The van der Waals surface area contributed by atoms with Crippen molar-refractivity contribution in [2.45, 2.75) is 58.4 Å². The van der Waals surface area contributed by atoms with E-state index in [9.17, 15) is 0 Å². The lowest BCUT2D eigenvalue weighted by molar-refractivity contribution is 0.323. The van der Waals surface area contributed by atoms with E-state index in [1.54, 1.807) is 6.33 Å². The molecule has 2 unspecified atom stereocenters. The summed E-state index contributed by atoms with van der Waals surface area (Å²) in [4.78, 5) is 11.7. The van der Waals surface area contributed by atoms with E-state index in [1.165, 1.54) is 42.8 Å². The van der Waals surface area contributed by atoms with Gasteiger partial charge in [0.1, 0.15) is 12.1 Å². The van der Waals surface area contributed by atoms with Crippen LogP contribution in [0.1, 0.15) is 50.8 Å². The molecule has 0 radical (unpaired) electrons. The van der Waals surface area contributed by atoms with Crippen molar-refractivity contribution < 1.29 is 0 Å². The summed E-state index contributed by atoms with van der Waals surface area (Å²) in [5, 5.41) is 3.59. The van der Waals surface area contributed by atoms with Crippen LogP contribution in [0.2, 0.25) is 0 Å². The maximum atomic E-state index is 4.65. The van der Waals surface area contributed by atoms with Crippen molar-refractivity contribution in [1.29, 1.82) is 0 Å². The minimum absolute atomic E-state index is 0.593. The summed E-state index contributed by atoms with van der Waals surface area (Å²) in [5.74, 6) is 1.96. The van der Waals surface area contributed by atoms with Crippen molar-refractivity contribution in [3.05, 3.63) is 17.6 Å². The molecule has 0 bridgehead atoms. The third kappa shape index (κ3) is 3.20. The SMILES string of the molecule is CCNC(C)C1CCCN(c2ncnc3c2CCCC3)C1. The normalized spacial score (nSPS) is 23.7. The topological polar surface area (TPSA) is 41.0 Å². The predicted octanol–water partition coefficient (Wildman–Crippen LogP) is 2.57. The Morgan fingerprint density at radius 2 is 2.14 bits per heavy atom. The van der Waals surface area contributed by atoms with E-state index in [0.29, 0.717) is 6.04 Å². The standard InChI is InChI=1S/C17H28N4/c1-3-18-13(2)14-7-6-10-21(11-14)17-15-8-4-5-9-16(15)19-12-20-17/h12-14,18H,3-11H2,1-2H3. The number of nitrogens with zero attached hydrogens (tertiary/aromatic N) is 3. The Labute approximate surface area is 128 Å². The van der Waals surface area contributed by atoms with Gasteiger partial charge in [-0.25, -0.2) is 9.97 Å². The van der Waals surface area contributed by atoms with E-state index in [2.05, 4.69) is 34.0 Å². The Morgan fingerprint density at radius 1 is 1.29 bits per heavy atom. The fourth-order valence-electron chi connectivity index (χ4n) is 3.88. The highest BCUT2D eigenvalue weighted by Gasteiger charge is 2.27. The molecular formula is C17H28N4. The minimum Gasteiger partial charge on any atom is -0.356 e. The van der Waals surface area contributed by atoms with Crippen LogP contribution >= 0.6 is 0 Å². The molecule has 1 aliphatic carbocycles. The zero-order chi connectivity index (χ0) is 14.7. The fraction of sp³-hybridized carbons (Fsp3) is 0.765. The molecule has 21 heavy (non-hydrogen) atoms. The van der Waals surface area contributed by atoms with Gasteiger partial charge in [-0.05, 0) is 57.9 Å². The number of fused-ring (bicyclic) bond motifs is 1. The first kappa shape index (κ1) is 14.8. The molecule has 4 heteroatoms. The second-order valence-electron chi connectivity index (χ2n) is 6.52. The lowest BCUT2D eigenvalue weighted by Gasteiger charge is -2.38. The summed E-state index contributed by atoms with van der Waals surface area (Å²) in [6.07, 6.45) is 9.25. The number of aromatic nitrogens is 2. The number of anilines is 1. The first-order chi connectivity index (χ1) is 10.3. The Balaban J connectivity index is 1.77. The molecule has 2 atom stereocenters. The fourth-order valence-corrected chi connectivity index (χ4v) is 3.88. The summed E-state index contributed by atoms with van der Waals surface area (Å²) in [6.45, 7) is 7.86. The van der Waals surface area contributed by atoms with Crippen LogP contribution in [-0.4, -0.2) is 35.6 Å². The van der Waals surface area contributed by atoms with Crippen LogP contribution in [0.25, 0.3) is 0 Å². The number of rotatable bonds is 4. The monoisotopic (exact) mass is 288 g/mol. The molecule has 0 amide bonds. The van der Waals surface area contributed by atoms with Gasteiger partial charge >= 0.3 is 0 Å². The van der Waals surface area contributed by atoms with Gasteiger partial charge in [-0.3, -0.25) is 0 Å². The third-order valence-corrected chi connectivity index (χ3v) is 5.09. The van der Waals surface area contributed by atoms with E-state index in [4.69, 9.17) is 0 Å². The van der Waals surface area contributed by atoms with Gasteiger partial charge in [-0.1, -0.05) is 6.92 Å². The van der Waals surface area contributed by atoms with Gasteiger partial charge in [0, 0.05) is 30.4 Å². The summed E-state index contributed by atoms with van der Waals surface area (Å²) in [5.41, 5.74) is 2.73. The van der Waals surface area contributed by atoms with Crippen molar-refractivity contribution in [2.75, 3.05) is 24.5 Å². The number of aryl methyl sites for hydroxylation is 1. The molecule has 3 rings (SSSR count). The quantitative estimate of drug-likeness (QED) is 0.924. The van der Waals surface area contributed by atoms with E-state index in [-0.39, 0.29) is 0 Å². The van der Waals surface area contributed by atoms with Crippen molar-refractivity contribution in [2.24, 2.45) is 5.92 Å². The number of hydrogen-bond acceptors (Lipinski definition) is 4. The molecule has 2 heterocycles. The number of piperidine rings is 1. The highest BCUT2D eigenvalue weighted by Crippen LogP contribution is 2.30. The van der Waals surface area contributed by atoms with Crippen LogP contribution in [-0.2, 0) is 12.8 Å². The van der Waals surface area contributed by atoms with Crippen LogP contribution in [0.3, 0.4) is 0 Å². The largest absolute Gasteiger partial charge is 0.356 e. The summed E-state index contributed by atoms with van der Waals surface area (Å²) >= 11 is 0. The summed E-state index contributed by atoms with van der Waals surface area (Å²) in [7, 11) is 0. The van der Waals surface area contributed by atoms with Gasteiger partial charge in [-0.2, -0.15) is 0 Å². The Hall–Kier alpha value is -1.16. The predicted molar refractivity (Wildman–Crippen MR) is 86.7 cm³/mol. The van der Waals surface area contributed by atoms with Gasteiger partial charge < -0.3 is 10.2 Å². The molecule has 0 saturated carbocycles. The second kappa shape index (κ2) is 6.73. The molecule has 1 saturated heterocycles. The molecule has 0 spiro atoms. The molecule has 1 aromatic rings. The minimum atomic E-state index is 0.593. The molecular weight excluding hydrogens is 260 g/mol. The van der Waals surface area contributed by atoms with Gasteiger partial charge in [0.2, 0.25) is 0 Å². The third-order valence-electron chi connectivity index (χ3n) is 5.09. The Morgan fingerprint density at radius 3 is 3.00 bits per heavy atom. The van der Waals surface area contributed by atoms with Crippen molar-refractivity contribution >= 4 is 5.82 Å². The summed E-state index contributed by atoms with van der Waals surface area (Å²) < 4.78 is 0. The molecule has 2 aliphatic rings. The van der Waals surface area contributed by atoms with E-state index in [0.717, 1.165) is 38.4 Å². The smallest absolute Gasteiger partial charge is 0.135 e. The lowest BCUT2D eigenvalue weighted by Crippen LogP contribution is -2.45. The van der Waals surface area contributed by atoms with Crippen LogP contribution < -0.4 is 10.2 Å². The maximum absolute atomic E-state index is 4.65. The molecule has 1 N–H and O–H groups in total. The van der Waals surface area contributed by atoms with Gasteiger partial charge in [0.05, 0.1) is 0 Å². The highest BCUT2D eigenvalue weighted by atomic mass is 15.2. The first-order valence-corrected chi connectivity index (χ1v) is 8.60. The molecule has 116 valence electrons. The molecule has 4 nitrogen and oxygen atoms in total. The summed E-state index contributed by atoms with van der Waals surface area (Å²) in [6, 6.07) is 0.593. The molecule has 0 aromatic carbocycles. The van der Waals surface area contributed by atoms with Gasteiger partial charge in [0.25, 0.3) is 0 Å². The molecule has 1 aliphatic heterocycles. The first-order valence-electron chi connectivity index (χ1n) is 8.60. The van der Waals surface area contributed by atoms with Crippen LogP contribution in [0, 0.1) is 5.92 Å². The average molecular weight is 288 g/mol. The van der Waals surface area contributed by atoms with Crippen molar-refractivity contribution in [3.63, 3.8) is 0 Å². The number of nitrogens with one attached hydrogen (secondary N) is 1. The van der Waals surface area contributed by atoms with E-state index >= 15 is 0 Å². The van der Waals surface area contributed by atoms with Crippen LogP contribution in [0.15, 0.2) is 6.33 Å². The van der Waals surface area contributed by atoms with E-state index < -0.39 is 0 Å². The average Bonchev–Trinajstić information content (AvgIpc) is 2.55. The van der Waals surface area contributed by atoms with Crippen molar-refractivity contribution in [1.82, 2.24) is 15.3 Å². The zero-order valence-electron chi connectivity index (χ0n) is 13.4. The molecule has 1 fully saturated rings. The Bertz CT molecular complexity index is 474. The van der Waals surface area contributed by atoms with Crippen molar-refractivity contribution in [3.8, 4) is 0 Å². The zero-order valence-corrected chi connectivity index (χ0v) is 13.4. The van der Waals surface area contributed by atoms with Crippen LogP contribution in [0.5, 0.6) is 0 Å². The lowest BCUT2D eigenvalue weighted by atomic mass is 9.90. The highest BCUT2D eigenvalue weighted by molar-refractivity contribution is 5.50. The van der Waals surface area contributed by atoms with Crippen LogP contribution in [0.4, 0.5) is 5.82 Å². The molecule has 1 aromatic heterocycles.